The normalized spacial score (nSPS) is 11.7. The molecule has 5 rings (SSSR count). The second-order valence-electron chi connectivity index (χ2n) is 6.69. The van der Waals surface area contributed by atoms with E-state index in [1.807, 2.05) is 57.7 Å². The van der Waals surface area contributed by atoms with Crippen molar-refractivity contribution in [3.8, 4) is 35.2 Å². The summed E-state index contributed by atoms with van der Waals surface area (Å²) in [5, 5.41) is 18.4. The van der Waals surface area contributed by atoms with Gasteiger partial charge in [-0.3, -0.25) is 4.57 Å². The van der Waals surface area contributed by atoms with E-state index in [0.717, 1.165) is 28.3 Å². The Kier molecular flexibility index (Phi) is 4.12. The summed E-state index contributed by atoms with van der Waals surface area (Å²) in [6.07, 6.45) is 7.40. The molecule has 0 saturated carbocycles. The highest BCUT2D eigenvalue weighted by Crippen LogP contribution is 2.33. The van der Waals surface area contributed by atoms with Crippen LogP contribution >= 0.6 is 0 Å². The molecule has 0 fully saturated rings. The van der Waals surface area contributed by atoms with E-state index in [-0.39, 0.29) is 13.2 Å². The third kappa shape index (κ3) is 2.87. The lowest BCUT2D eigenvalue weighted by Gasteiger charge is -2.09. The summed E-state index contributed by atoms with van der Waals surface area (Å²) in [6, 6.07) is 15.3. The van der Waals surface area contributed by atoms with Crippen molar-refractivity contribution in [2.24, 2.45) is 0 Å². The van der Waals surface area contributed by atoms with E-state index in [1.165, 1.54) is 0 Å². The van der Waals surface area contributed by atoms with Gasteiger partial charge in [0.2, 0.25) is 0 Å². The molecular formula is C22H17N5O2. The number of ether oxygens (including phenoxy) is 1. The molecule has 0 spiro atoms. The van der Waals surface area contributed by atoms with Gasteiger partial charge < -0.3 is 14.4 Å². The zero-order valence-electron chi connectivity index (χ0n) is 15.5. The van der Waals surface area contributed by atoms with Crippen molar-refractivity contribution in [2.45, 2.75) is 19.8 Å². The Morgan fingerprint density at radius 2 is 2.00 bits per heavy atom. The fraction of sp³-hybridized carbons (Fsp3) is 0.136. The molecule has 7 heteroatoms. The molecule has 2 aromatic carbocycles. The largest absolute Gasteiger partial charge is 0.486 e. The molecule has 3 heterocycles. The van der Waals surface area contributed by atoms with Gasteiger partial charge in [0.1, 0.15) is 24.4 Å². The summed E-state index contributed by atoms with van der Waals surface area (Å²) < 4.78 is 9.85. The van der Waals surface area contributed by atoms with Crippen LogP contribution in [0.2, 0.25) is 0 Å². The van der Waals surface area contributed by atoms with E-state index in [0.29, 0.717) is 23.9 Å². The maximum Gasteiger partial charge on any atom is 0.171 e. The number of nitrogens with zero attached hydrogens (tertiary/aromatic N) is 5. The maximum absolute atomic E-state index is 9.60. The fourth-order valence-corrected chi connectivity index (χ4v) is 3.55. The molecule has 1 N–H and O–H groups in total. The average molecular weight is 383 g/mol. The minimum absolute atomic E-state index is 0.0578. The van der Waals surface area contributed by atoms with Crippen molar-refractivity contribution in [1.82, 2.24) is 24.3 Å². The highest BCUT2D eigenvalue weighted by atomic mass is 16.5. The lowest BCUT2D eigenvalue weighted by Crippen LogP contribution is -2.10. The summed E-state index contributed by atoms with van der Waals surface area (Å²) in [7, 11) is 0. The topological polar surface area (TPSA) is 78.0 Å². The van der Waals surface area contributed by atoms with Gasteiger partial charge >= 0.3 is 0 Å². The lowest BCUT2D eigenvalue weighted by molar-refractivity contribution is 0.282. The third-order valence-corrected chi connectivity index (χ3v) is 4.99. The summed E-state index contributed by atoms with van der Waals surface area (Å²) in [4.78, 5) is 4.37. The molecule has 4 aromatic rings. The SMILES string of the molecule is C#Cc1ncn2c1Cn1c(COc3ccccc3)nnc1-c1cc(CO)ccc1-2. The Morgan fingerprint density at radius 3 is 2.79 bits per heavy atom. The Labute approximate surface area is 167 Å². The molecular weight excluding hydrogens is 366 g/mol. The van der Waals surface area contributed by atoms with E-state index in [1.54, 1.807) is 6.33 Å². The Hall–Kier alpha value is -3.89. The zero-order chi connectivity index (χ0) is 19.8. The van der Waals surface area contributed by atoms with Gasteiger partial charge in [0, 0.05) is 5.56 Å². The van der Waals surface area contributed by atoms with Crippen LogP contribution in [0.3, 0.4) is 0 Å². The summed E-state index contributed by atoms with van der Waals surface area (Å²) >= 11 is 0. The Morgan fingerprint density at radius 1 is 1.14 bits per heavy atom. The number of terminal acetylenes is 1. The summed E-state index contributed by atoms with van der Waals surface area (Å²) in [5.41, 5.74) is 4.01. The Bertz CT molecular complexity index is 1230. The van der Waals surface area contributed by atoms with Gasteiger partial charge in [-0.2, -0.15) is 0 Å². The molecule has 2 aromatic heterocycles. The van der Waals surface area contributed by atoms with Gasteiger partial charge in [-0.15, -0.1) is 16.6 Å². The molecule has 0 atom stereocenters. The lowest BCUT2D eigenvalue weighted by atomic mass is 10.1. The van der Waals surface area contributed by atoms with Gasteiger partial charge in [-0.25, -0.2) is 4.98 Å². The monoisotopic (exact) mass is 383 g/mol. The molecule has 1 aliphatic rings. The van der Waals surface area contributed by atoms with E-state index < -0.39 is 0 Å². The predicted octanol–water partition coefficient (Wildman–Crippen LogP) is 2.55. The molecule has 1 aliphatic heterocycles. The number of aromatic nitrogens is 5. The quantitative estimate of drug-likeness (QED) is 0.483. The van der Waals surface area contributed by atoms with Gasteiger partial charge in [0.05, 0.1) is 24.5 Å². The standard InChI is InChI=1S/C22H17N5O2/c1-2-18-20-11-26-21(13-29-16-6-4-3-5-7-16)24-25-22(26)17-10-15(12-28)8-9-19(17)27(20)14-23-18/h1,3-10,14,28H,11-13H2. The van der Waals surface area contributed by atoms with Crippen molar-refractivity contribution in [3.63, 3.8) is 0 Å². The van der Waals surface area contributed by atoms with E-state index in [4.69, 9.17) is 11.2 Å². The molecule has 0 amide bonds. The van der Waals surface area contributed by atoms with Crippen molar-refractivity contribution in [2.75, 3.05) is 0 Å². The number of para-hydroxylation sites is 1. The maximum atomic E-state index is 9.60. The van der Waals surface area contributed by atoms with Crippen molar-refractivity contribution < 1.29 is 9.84 Å². The van der Waals surface area contributed by atoms with Crippen LogP contribution in [-0.4, -0.2) is 29.4 Å². The highest BCUT2D eigenvalue weighted by Gasteiger charge is 2.25. The van der Waals surface area contributed by atoms with Crippen LogP contribution < -0.4 is 4.74 Å². The first-order valence-electron chi connectivity index (χ1n) is 9.15. The van der Waals surface area contributed by atoms with Crippen LogP contribution in [0.15, 0.2) is 54.9 Å². The summed E-state index contributed by atoms with van der Waals surface area (Å²) in [5.74, 6) is 4.80. The Balaban J connectivity index is 1.63. The summed E-state index contributed by atoms with van der Waals surface area (Å²) in [6.45, 7) is 0.682. The second-order valence-corrected chi connectivity index (χ2v) is 6.69. The molecule has 0 unspecified atom stereocenters. The second kappa shape index (κ2) is 6.93. The number of aliphatic hydroxyl groups is 1. The van der Waals surface area contributed by atoms with Crippen LogP contribution in [0.25, 0.3) is 17.1 Å². The van der Waals surface area contributed by atoms with Gasteiger partial charge in [0.25, 0.3) is 0 Å². The average Bonchev–Trinajstić information content (AvgIpc) is 3.33. The van der Waals surface area contributed by atoms with Crippen LogP contribution in [-0.2, 0) is 19.8 Å². The fourth-order valence-electron chi connectivity index (χ4n) is 3.55. The number of aliphatic hydroxyl groups excluding tert-OH is 1. The van der Waals surface area contributed by atoms with E-state index >= 15 is 0 Å². The third-order valence-electron chi connectivity index (χ3n) is 4.99. The zero-order valence-corrected chi connectivity index (χ0v) is 15.5. The smallest absolute Gasteiger partial charge is 0.171 e. The molecule has 7 nitrogen and oxygen atoms in total. The van der Waals surface area contributed by atoms with Gasteiger partial charge in [-0.1, -0.05) is 24.3 Å². The number of fused-ring (bicyclic) bond motifs is 5. The first-order chi connectivity index (χ1) is 14.3. The number of rotatable bonds is 4. The first kappa shape index (κ1) is 17.2. The number of hydrogen-bond acceptors (Lipinski definition) is 5. The molecule has 142 valence electrons. The van der Waals surface area contributed by atoms with Gasteiger partial charge in [0.15, 0.2) is 11.6 Å². The predicted molar refractivity (Wildman–Crippen MR) is 106 cm³/mol. The van der Waals surface area contributed by atoms with E-state index in [9.17, 15) is 5.11 Å². The minimum atomic E-state index is -0.0578. The first-order valence-corrected chi connectivity index (χ1v) is 9.15. The highest BCUT2D eigenvalue weighted by molar-refractivity contribution is 5.70. The minimum Gasteiger partial charge on any atom is -0.486 e. The molecule has 0 aliphatic carbocycles. The molecule has 0 bridgehead atoms. The van der Waals surface area contributed by atoms with Crippen LogP contribution in [0.5, 0.6) is 5.75 Å². The number of hydrogen-bond donors (Lipinski definition) is 1. The molecule has 29 heavy (non-hydrogen) atoms. The molecule has 0 saturated heterocycles. The number of imidazole rings is 1. The van der Waals surface area contributed by atoms with Crippen molar-refractivity contribution in [1.29, 1.82) is 0 Å². The van der Waals surface area contributed by atoms with Crippen LogP contribution in [0.1, 0.15) is 22.8 Å². The molecule has 0 radical (unpaired) electrons. The van der Waals surface area contributed by atoms with E-state index in [2.05, 4.69) is 21.1 Å². The number of benzene rings is 2. The van der Waals surface area contributed by atoms with Gasteiger partial charge in [-0.05, 0) is 35.7 Å². The van der Waals surface area contributed by atoms with Crippen LogP contribution in [0, 0.1) is 12.3 Å². The van der Waals surface area contributed by atoms with Crippen molar-refractivity contribution >= 4 is 0 Å². The van der Waals surface area contributed by atoms with Crippen LogP contribution in [0.4, 0.5) is 0 Å². The van der Waals surface area contributed by atoms with Crippen molar-refractivity contribution in [3.05, 3.63) is 77.6 Å².